The molecule has 0 aromatic carbocycles. The molecule has 0 aliphatic heterocycles. The Kier molecular flexibility index (Phi) is 5.43. The monoisotopic (exact) mass is 264 g/mol. The molecule has 5 heteroatoms. The minimum atomic E-state index is -0.730. The summed E-state index contributed by atoms with van der Waals surface area (Å²) in [6.45, 7) is 4.58. The lowest BCUT2D eigenvalue weighted by atomic mass is 9.99. The van der Waals surface area contributed by atoms with Crippen LogP contribution < -0.4 is 5.43 Å². The van der Waals surface area contributed by atoms with Gasteiger partial charge in [0.15, 0.2) is 17.3 Å². The van der Waals surface area contributed by atoms with Crippen LogP contribution in [0, 0.1) is 17.2 Å². The summed E-state index contributed by atoms with van der Waals surface area (Å²) >= 11 is 0. The van der Waals surface area contributed by atoms with Crippen molar-refractivity contribution in [3.8, 4) is 17.7 Å². The molecule has 0 radical (unpaired) electrons. The number of hydrogen-bond acceptors (Lipinski definition) is 4. The minimum Gasteiger partial charge on any atom is -0.502 e. The summed E-state index contributed by atoms with van der Waals surface area (Å²) in [5.74, 6) is -0.556. The molecule has 1 aromatic heterocycles. The van der Waals surface area contributed by atoms with Crippen molar-refractivity contribution >= 4 is 0 Å². The highest BCUT2D eigenvalue weighted by Crippen LogP contribution is 2.23. The van der Waals surface area contributed by atoms with E-state index in [2.05, 4.69) is 6.92 Å². The number of nitriles is 1. The maximum absolute atomic E-state index is 11.3. The van der Waals surface area contributed by atoms with E-state index >= 15 is 0 Å². The summed E-state index contributed by atoms with van der Waals surface area (Å²) in [5.41, 5.74) is -0.896. The molecule has 2 N–H and O–H groups in total. The van der Waals surface area contributed by atoms with Gasteiger partial charge in [-0.05, 0) is 12.3 Å². The van der Waals surface area contributed by atoms with E-state index in [9.17, 15) is 15.0 Å². The number of aromatic nitrogens is 1. The fourth-order valence-corrected chi connectivity index (χ4v) is 2.10. The largest absolute Gasteiger partial charge is 0.502 e. The van der Waals surface area contributed by atoms with E-state index in [1.807, 2.05) is 6.92 Å². The normalized spacial score (nSPS) is 12.1. The van der Waals surface area contributed by atoms with Crippen LogP contribution >= 0.6 is 0 Å². The molecular formula is C14H20N2O3. The average Bonchev–Trinajstić information content (AvgIpc) is 2.40. The van der Waals surface area contributed by atoms with Crippen molar-refractivity contribution in [2.24, 2.45) is 5.92 Å². The first kappa shape index (κ1) is 15.1. The Bertz CT molecular complexity index is 529. The highest BCUT2D eigenvalue weighted by Gasteiger charge is 2.17. The van der Waals surface area contributed by atoms with E-state index in [0.29, 0.717) is 12.5 Å². The van der Waals surface area contributed by atoms with Crippen LogP contribution in [0.5, 0.6) is 11.6 Å². The number of nitrogens with zero attached hydrogens (tertiary/aromatic N) is 2. The van der Waals surface area contributed by atoms with Gasteiger partial charge in [0.1, 0.15) is 6.07 Å². The van der Waals surface area contributed by atoms with Gasteiger partial charge in [-0.15, -0.1) is 0 Å². The fourth-order valence-electron chi connectivity index (χ4n) is 2.10. The number of pyridine rings is 1. The quantitative estimate of drug-likeness (QED) is 0.825. The standard InChI is InChI=1S/C14H20N2O3/c1-3-5-6-10(4-2)9-16-11(8-15)14(19)12(17)7-13(16)18/h7,10,18-19H,3-6,9H2,1-2H3. The zero-order valence-electron chi connectivity index (χ0n) is 11.4. The molecule has 1 atom stereocenters. The summed E-state index contributed by atoms with van der Waals surface area (Å²) in [5, 5.41) is 28.4. The Morgan fingerprint density at radius 3 is 2.63 bits per heavy atom. The molecule has 0 saturated carbocycles. The molecule has 0 aliphatic carbocycles. The Morgan fingerprint density at radius 2 is 2.11 bits per heavy atom. The molecule has 19 heavy (non-hydrogen) atoms. The van der Waals surface area contributed by atoms with Crippen molar-refractivity contribution < 1.29 is 10.2 Å². The van der Waals surface area contributed by atoms with E-state index in [-0.39, 0.29) is 11.6 Å². The van der Waals surface area contributed by atoms with Gasteiger partial charge in [-0.1, -0.05) is 33.1 Å². The molecule has 5 nitrogen and oxygen atoms in total. The van der Waals surface area contributed by atoms with Crippen LogP contribution in [0.4, 0.5) is 0 Å². The van der Waals surface area contributed by atoms with Gasteiger partial charge in [-0.25, -0.2) is 0 Å². The van der Waals surface area contributed by atoms with Gasteiger partial charge < -0.3 is 14.8 Å². The van der Waals surface area contributed by atoms with Crippen molar-refractivity contribution in [2.75, 3.05) is 0 Å². The Labute approximate surface area is 112 Å². The van der Waals surface area contributed by atoms with E-state index in [0.717, 1.165) is 31.7 Å². The smallest absolute Gasteiger partial charge is 0.228 e. The summed E-state index contributed by atoms with van der Waals surface area (Å²) < 4.78 is 1.32. The third-order valence-electron chi connectivity index (χ3n) is 3.35. The fraction of sp³-hybridized carbons (Fsp3) is 0.571. The highest BCUT2D eigenvalue weighted by atomic mass is 16.3. The van der Waals surface area contributed by atoms with Crippen LogP contribution in [0.25, 0.3) is 0 Å². The third kappa shape index (κ3) is 3.50. The highest BCUT2D eigenvalue weighted by molar-refractivity contribution is 5.40. The first-order chi connectivity index (χ1) is 9.04. The summed E-state index contributed by atoms with van der Waals surface area (Å²) in [6, 6.07) is 2.73. The van der Waals surface area contributed by atoms with Crippen LogP contribution in [0.15, 0.2) is 10.9 Å². The zero-order chi connectivity index (χ0) is 14.4. The van der Waals surface area contributed by atoms with Gasteiger partial charge in [0, 0.05) is 12.6 Å². The van der Waals surface area contributed by atoms with Gasteiger partial charge in [0.05, 0.1) is 0 Å². The van der Waals surface area contributed by atoms with Gasteiger partial charge in [-0.2, -0.15) is 5.26 Å². The van der Waals surface area contributed by atoms with Crippen molar-refractivity contribution in [1.29, 1.82) is 5.26 Å². The second kappa shape index (κ2) is 6.83. The van der Waals surface area contributed by atoms with Crippen LogP contribution in [-0.2, 0) is 6.54 Å². The molecule has 1 rings (SSSR count). The van der Waals surface area contributed by atoms with Crippen molar-refractivity contribution in [1.82, 2.24) is 4.57 Å². The topological polar surface area (TPSA) is 86.2 Å². The van der Waals surface area contributed by atoms with E-state index in [4.69, 9.17) is 5.26 Å². The summed E-state index contributed by atoms with van der Waals surface area (Å²) in [6.07, 6.45) is 4.07. The number of hydrogen-bond donors (Lipinski definition) is 2. The van der Waals surface area contributed by atoms with Crippen molar-refractivity contribution in [2.45, 2.75) is 46.1 Å². The Balaban J connectivity index is 3.10. The number of aromatic hydroxyl groups is 2. The maximum atomic E-state index is 11.3. The minimum absolute atomic E-state index is 0.167. The summed E-state index contributed by atoms with van der Waals surface area (Å²) in [4.78, 5) is 11.3. The van der Waals surface area contributed by atoms with Crippen LogP contribution in [0.3, 0.4) is 0 Å². The Hall–Kier alpha value is -1.96. The van der Waals surface area contributed by atoms with Gasteiger partial charge in [0.2, 0.25) is 5.43 Å². The number of rotatable bonds is 6. The molecule has 0 amide bonds. The second-order valence-corrected chi connectivity index (χ2v) is 4.70. The zero-order valence-corrected chi connectivity index (χ0v) is 11.4. The predicted molar refractivity (Wildman–Crippen MR) is 72.1 cm³/mol. The van der Waals surface area contributed by atoms with E-state index in [1.54, 1.807) is 6.07 Å². The van der Waals surface area contributed by atoms with E-state index < -0.39 is 11.2 Å². The molecule has 1 aromatic rings. The lowest BCUT2D eigenvalue weighted by Gasteiger charge is -2.19. The van der Waals surface area contributed by atoms with Crippen molar-refractivity contribution in [3.63, 3.8) is 0 Å². The van der Waals surface area contributed by atoms with Gasteiger partial charge in [0.25, 0.3) is 0 Å². The molecule has 0 spiro atoms. The van der Waals surface area contributed by atoms with Crippen LogP contribution in [0.1, 0.15) is 45.2 Å². The molecular weight excluding hydrogens is 244 g/mol. The summed E-state index contributed by atoms with van der Waals surface area (Å²) in [7, 11) is 0. The SMILES string of the molecule is CCCCC(CC)Cn1c(O)cc(=O)c(O)c1C#N. The van der Waals surface area contributed by atoms with Crippen LogP contribution in [-0.4, -0.2) is 14.8 Å². The van der Waals surface area contributed by atoms with Gasteiger partial charge >= 0.3 is 0 Å². The molecule has 0 saturated heterocycles. The van der Waals surface area contributed by atoms with Crippen molar-refractivity contribution in [3.05, 3.63) is 22.0 Å². The van der Waals surface area contributed by atoms with Crippen LogP contribution in [0.2, 0.25) is 0 Å². The molecule has 0 aliphatic rings. The molecule has 0 fully saturated rings. The lowest BCUT2D eigenvalue weighted by molar-refractivity contribution is 0.336. The molecule has 1 unspecified atom stereocenters. The third-order valence-corrected chi connectivity index (χ3v) is 3.35. The molecule has 104 valence electrons. The predicted octanol–water partition coefficient (Wildman–Crippen LogP) is 2.35. The lowest BCUT2D eigenvalue weighted by Crippen LogP contribution is -2.17. The first-order valence-electron chi connectivity index (χ1n) is 6.60. The molecule has 0 bridgehead atoms. The second-order valence-electron chi connectivity index (χ2n) is 4.70. The Morgan fingerprint density at radius 1 is 1.42 bits per heavy atom. The maximum Gasteiger partial charge on any atom is 0.228 e. The number of unbranched alkanes of at least 4 members (excludes halogenated alkanes) is 1. The van der Waals surface area contributed by atoms with Gasteiger partial charge in [-0.3, -0.25) is 4.79 Å². The average molecular weight is 264 g/mol. The van der Waals surface area contributed by atoms with E-state index in [1.165, 1.54) is 4.57 Å². The first-order valence-corrected chi connectivity index (χ1v) is 6.60. The molecule has 1 heterocycles.